The summed E-state index contributed by atoms with van der Waals surface area (Å²) in [6.45, 7) is 4.66. The molecule has 4 heteroatoms. The van der Waals surface area contributed by atoms with Gasteiger partial charge in [0, 0.05) is 12.6 Å². The molecule has 0 amide bonds. The van der Waals surface area contributed by atoms with E-state index in [-0.39, 0.29) is 5.97 Å². The number of ether oxygens (including phenoxy) is 2. The first kappa shape index (κ1) is 14.4. The fourth-order valence-electron chi connectivity index (χ4n) is 2.56. The third kappa shape index (κ3) is 3.06. The molecule has 0 aliphatic carbocycles. The summed E-state index contributed by atoms with van der Waals surface area (Å²) in [5, 5.41) is 0. The Morgan fingerprint density at radius 3 is 2.82 bits per heavy atom. The van der Waals surface area contributed by atoms with Crippen LogP contribution in [-0.4, -0.2) is 25.7 Å². The van der Waals surface area contributed by atoms with Crippen LogP contribution >= 0.6 is 0 Å². The van der Waals surface area contributed by atoms with Gasteiger partial charge in [0.05, 0.1) is 17.8 Å². The molecule has 1 aliphatic heterocycles. The van der Waals surface area contributed by atoms with Crippen LogP contribution < -0.4 is 14.4 Å². The zero-order valence-corrected chi connectivity index (χ0v) is 12.6. The van der Waals surface area contributed by atoms with Crippen molar-refractivity contribution in [2.45, 2.75) is 13.3 Å². The molecule has 0 saturated heterocycles. The number of rotatable bonds is 4. The second-order valence-corrected chi connectivity index (χ2v) is 5.22. The maximum atomic E-state index is 12.1. The molecule has 1 heterocycles. The standard InChI is InChI=1S/C18H19NO3/c1-2-10-19-11-12-21-17-9-8-15(13-16(17)19)22-18(20)14-6-4-3-5-7-14/h3-9,13H,2,10-12H2,1H3. The number of carbonyl (C=O) groups is 1. The summed E-state index contributed by atoms with van der Waals surface area (Å²) in [5.74, 6) is 1.04. The van der Waals surface area contributed by atoms with Crippen molar-refractivity contribution in [3.8, 4) is 11.5 Å². The monoisotopic (exact) mass is 297 g/mol. The number of carbonyl (C=O) groups excluding carboxylic acids is 1. The molecule has 2 aromatic rings. The Bertz CT molecular complexity index is 655. The van der Waals surface area contributed by atoms with Gasteiger partial charge in [0.2, 0.25) is 0 Å². The molecule has 0 unspecified atom stereocenters. The van der Waals surface area contributed by atoms with Crippen molar-refractivity contribution in [2.75, 3.05) is 24.6 Å². The van der Waals surface area contributed by atoms with Crippen LogP contribution in [0.2, 0.25) is 0 Å². The largest absolute Gasteiger partial charge is 0.490 e. The highest BCUT2D eigenvalue weighted by molar-refractivity contribution is 5.91. The van der Waals surface area contributed by atoms with E-state index < -0.39 is 0 Å². The first-order valence-corrected chi connectivity index (χ1v) is 7.57. The van der Waals surface area contributed by atoms with Gasteiger partial charge in [0.15, 0.2) is 0 Å². The second-order valence-electron chi connectivity index (χ2n) is 5.22. The van der Waals surface area contributed by atoms with Crippen molar-refractivity contribution in [3.05, 3.63) is 54.1 Å². The zero-order valence-electron chi connectivity index (χ0n) is 12.6. The van der Waals surface area contributed by atoms with Crippen molar-refractivity contribution in [1.29, 1.82) is 0 Å². The lowest BCUT2D eigenvalue weighted by atomic mass is 10.2. The molecule has 0 bridgehead atoms. The molecule has 2 aromatic carbocycles. The van der Waals surface area contributed by atoms with E-state index in [0.717, 1.165) is 30.9 Å². The average Bonchev–Trinajstić information content (AvgIpc) is 2.56. The maximum absolute atomic E-state index is 12.1. The quantitative estimate of drug-likeness (QED) is 0.639. The lowest BCUT2D eigenvalue weighted by molar-refractivity contribution is 0.0734. The Hall–Kier alpha value is -2.49. The van der Waals surface area contributed by atoms with E-state index in [9.17, 15) is 4.79 Å². The summed E-state index contributed by atoms with van der Waals surface area (Å²) in [6, 6.07) is 14.5. The molecule has 4 nitrogen and oxygen atoms in total. The van der Waals surface area contributed by atoms with Crippen LogP contribution in [0.5, 0.6) is 11.5 Å². The van der Waals surface area contributed by atoms with Gasteiger partial charge in [-0.2, -0.15) is 0 Å². The summed E-state index contributed by atoms with van der Waals surface area (Å²) in [5.41, 5.74) is 1.54. The molecule has 0 spiro atoms. The lowest BCUT2D eigenvalue weighted by Crippen LogP contribution is -2.33. The van der Waals surface area contributed by atoms with E-state index in [1.165, 1.54) is 0 Å². The van der Waals surface area contributed by atoms with E-state index in [1.807, 2.05) is 30.3 Å². The number of hydrogen-bond donors (Lipinski definition) is 0. The van der Waals surface area contributed by atoms with E-state index in [4.69, 9.17) is 9.47 Å². The van der Waals surface area contributed by atoms with Gasteiger partial charge in [-0.15, -0.1) is 0 Å². The second kappa shape index (κ2) is 6.52. The van der Waals surface area contributed by atoms with Gasteiger partial charge in [0.1, 0.15) is 18.1 Å². The van der Waals surface area contributed by atoms with Gasteiger partial charge < -0.3 is 14.4 Å². The molecule has 0 aromatic heterocycles. The molecule has 114 valence electrons. The van der Waals surface area contributed by atoms with Gasteiger partial charge in [-0.05, 0) is 30.7 Å². The fourth-order valence-corrected chi connectivity index (χ4v) is 2.56. The minimum Gasteiger partial charge on any atom is -0.490 e. The fraction of sp³-hybridized carbons (Fsp3) is 0.278. The van der Waals surface area contributed by atoms with Crippen LogP contribution in [0.1, 0.15) is 23.7 Å². The molecule has 0 saturated carbocycles. The van der Waals surface area contributed by atoms with Crippen LogP contribution in [0.4, 0.5) is 5.69 Å². The predicted octanol–water partition coefficient (Wildman–Crippen LogP) is 3.51. The molecule has 0 N–H and O–H groups in total. The Morgan fingerprint density at radius 1 is 1.23 bits per heavy atom. The van der Waals surface area contributed by atoms with E-state index in [0.29, 0.717) is 17.9 Å². The number of benzene rings is 2. The first-order valence-electron chi connectivity index (χ1n) is 7.57. The van der Waals surface area contributed by atoms with Crippen LogP contribution in [0.25, 0.3) is 0 Å². The lowest BCUT2D eigenvalue weighted by Gasteiger charge is -2.31. The summed E-state index contributed by atoms with van der Waals surface area (Å²) < 4.78 is 11.1. The van der Waals surface area contributed by atoms with Crippen LogP contribution in [-0.2, 0) is 0 Å². The number of nitrogens with zero attached hydrogens (tertiary/aromatic N) is 1. The summed E-state index contributed by atoms with van der Waals surface area (Å²) >= 11 is 0. The number of esters is 1. The SMILES string of the molecule is CCCN1CCOc2ccc(OC(=O)c3ccccc3)cc21. The van der Waals surface area contributed by atoms with E-state index >= 15 is 0 Å². The maximum Gasteiger partial charge on any atom is 0.343 e. The highest BCUT2D eigenvalue weighted by Crippen LogP contribution is 2.35. The van der Waals surface area contributed by atoms with Gasteiger partial charge in [0.25, 0.3) is 0 Å². The summed E-state index contributed by atoms with van der Waals surface area (Å²) in [6.07, 6.45) is 1.06. The Kier molecular flexibility index (Phi) is 4.28. The predicted molar refractivity (Wildman–Crippen MR) is 85.8 cm³/mol. The number of fused-ring (bicyclic) bond motifs is 1. The van der Waals surface area contributed by atoms with Crippen molar-refractivity contribution >= 4 is 11.7 Å². The van der Waals surface area contributed by atoms with Crippen molar-refractivity contribution in [3.63, 3.8) is 0 Å². The van der Waals surface area contributed by atoms with E-state index in [1.54, 1.807) is 18.2 Å². The third-order valence-corrected chi connectivity index (χ3v) is 3.60. The highest BCUT2D eigenvalue weighted by atomic mass is 16.5. The Morgan fingerprint density at radius 2 is 2.05 bits per heavy atom. The minimum atomic E-state index is -0.348. The van der Waals surface area contributed by atoms with Gasteiger partial charge >= 0.3 is 5.97 Å². The van der Waals surface area contributed by atoms with Crippen LogP contribution in [0, 0.1) is 0 Å². The molecule has 0 fully saturated rings. The molecular weight excluding hydrogens is 278 g/mol. The van der Waals surface area contributed by atoms with Gasteiger partial charge in [-0.3, -0.25) is 0 Å². The zero-order chi connectivity index (χ0) is 15.4. The summed E-state index contributed by atoms with van der Waals surface area (Å²) in [4.78, 5) is 14.4. The minimum absolute atomic E-state index is 0.348. The van der Waals surface area contributed by atoms with Crippen molar-refractivity contribution in [2.24, 2.45) is 0 Å². The smallest absolute Gasteiger partial charge is 0.343 e. The Balaban J connectivity index is 1.81. The molecule has 0 atom stereocenters. The molecule has 22 heavy (non-hydrogen) atoms. The van der Waals surface area contributed by atoms with Crippen molar-refractivity contribution in [1.82, 2.24) is 0 Å². The van der Waals surface area contributed by atoms with Crippen LogP contribution in [0.3, 0.4) is 0 Å². The van der Waals surface area contributed by atoms with Crippen LogP contribution in [0.15, 0.2) is 48.5 Å². The number of anilines is 1. The normalized spacial score (nSPS) is 13.2. The molecule has 3 rings (SSSR count). The van der Waals surface area contributed by atoms with Gasteiger partial charge in [-0.25, -0.2) is 4.79 Å². The highest BCUT2D eigenvalue weighted by Gasteiger charge is 2.19. The summed E-state index contributed by atoms with van der Waals surface area (Å²) in [7, 11) is 0. The molecule has 0 radical (unpaired) electrons. The Labute approximate surface area is 130 Å². The third-order valence-electron chi connectivity index (χ3n) is 3.60. The topological polar surface area (TPSA) is 38.8 Å². The number of hydrogen-bond acceptors (Lipinski definition) is 4. The van der Waals surface area contributed by atoms with E-state index in [2.05, 4.69) is 11.8 Å². The van der Waals surface area contributed by atoms with Gasteiger partial charge in [-0.1, -0.05) is 25.1 Å². The molecular formula is C18H19NO3. The first-order chi connectivity index (χ1) is 10.8. The van der Waals surface area contributed by atoms with Crippen molar-refractivity contribution < 1.29 is 14.3 Å². The average molecular weight is 297 g/mol. The molecule has 1 aliphatic rings.